The molecule has 1 fully saturated rings. The molecule has 2 amide bonds. The summed E-state index contributed by atoms with van der Waals surface area (Å²) in [5.41, 5.74) is 4.71. The van der Waals surface area contributed by atoms with Gasteiger partial charge in [0.25, 0.3) is 11.8 Å². The molecule has 0 aliphatic carbocycles. The first kappa shape index (κ1) is 18.5. The number of nitrogens with one attached hydrogen (secondary N) is 2. The summed E-state index contributed by atoms with van der Waals surface area (Å²) < 4.78 is 10.9. The second-order valence-electron chi connectivity index (χ2n) is 5.79. The molecule has 1 aromatic rings. The van der Waals surface area contributed by atoms with Crippen LogP contribution in [0.3, 0.4) is 0 Å². The number of morpholine rings is 1. The Morgan fingerprint density at radius 1 is 1.17 bits per heavy atom. The van der Waals surface area contributed by atoms with E-state index in [-0.39, 0.29) is 31.3 Å². The van der Waals surface area contributed by atoms with E-state index in [0.717, 1.165) is 0 Å². The highest BCUT2D eigenvalue weighted by molar-refractivity contribution is 6.30. The third-order valence-electron chi connectivity index (χ3n) is 3.39. The molecule has 0 bridgehead atoms. The Balaban J connectivity index is 1.65. The summed E-state index contributed by atoms with van der Waals surface area (Å²) >= 11 is 5.76. The third-order valence-corrected chi connectivity index (χ3v) is 3.64. The molecule has 0 radical (unpaired) electrons. The van der Waals surface area contributed by atoms with Gasteiger partial charge in [-0.3, -0.25) is 25.3 Å². The second-order valence-corrected chi connectivity index (χ2v) is 6.23. The number of carbonyl (C=O) groups is 2. The van der Waals surface area contributed by atoms with Crippen molar-refractivity contribution in [3.05, 3.63) is 29.3 Å². The van der Waals surface area contributed by atoms with Crippen LogP contribution in [0.2, 0.25) is 5.02 Å². The maximum Gasteiger partial charge on any atom is 0.276 e. The molecular formula is C16H22ClN3O4. The summed E-state index contributed by atoms with van der Waals surface area (Å²) in [6, 6.07) is 6.66. The quantitative estimate of drug-likeness (QED) is 0.769. The molecule has 0 saturated carbocycles. The van der Waals surface area contributed by atoms with E-state index in [0.29, 0.717) is 23.9 Å². The van der Waals surface area contributed by atoms with E-state index in [1.807, 2.05) is 18.7 Å². The van der Waals surface area contributed by atoms with Gasteiger partial charge in [0, 0.05) is 18.1 Å². The van der Waals surface area contributed by atoms with Gasteiger partial charge in [-0.15, -0.1) is 0 Å². The molecule has 1 saturated heterocycles. The number of benzene rings is 1. The lowest BCUT2D eigenvalue weighted by molar-refractivity contribution is -0.132. The van der Waals surface area contributed by atoms with Crippen molar-refractivity contribution in [2.24, 2.45) is 0 Å². The van der Waals surface area contributed by atoms with Crippen LogP contribution in [0.15, 0.2) is 24.3 Å². The first-order valence-electron chi connectivity index (χ1n) is 7.76. The molecule has 1 aliphatic heterocycles. The number of hydrazine groups is 1. The molecule has 24 heavy (non-hydrogen) atoms. The van der Waals surface area contributed by atoms with Crippen LogP contribution < -0.4 is 15.6 Å². The number of carbonyl (C=O) groups excluding carboxylic acids is 2. The molecule has 2 rings (SSSR count). The highest BCUT2D eigenvalue weighted by Crippen LogP contribution is 2.15. The summed E-state index contributed by atoms with van der Waals surface area (Å²) in [6.45, 7) is 5.31. The van der Waals surface area contributed by atoms with Gasteiger partial charge in [-0.05, 0) is 38.1 Å². The van der Waals surface area contributed by atoms with Crippen molar-refractivity contribution in [2.45, 2.75) is 26.1 Å². The number of halogens is 1. The van der Waals surface area contributed by atoms with Crippen molar-refractivity contribution in [3.63, 3.8) is 0 Å². The van der Waals surface area contributed by atoms with Gasteiger partial charge in [0.2, 0.25) is 0 Å². The van der Waals surface area contributed by atoms with Gasteiger partial charge in [-0.1, -0.05) is 11.6 Å². The average molecular weight is 356 g/mol. The van der Waals surface area contributed by atoms with Crippen LogP contribution in [-0.2, 0) is 14.3 Å². The van der Waals surface area contributed by atoms with Crippen LogP contribution in [-0.4, -0.2) is 55.2 Å². The first-order valence-corrected chi connectivity index (χ1v) is 8.14. The van der Waals surface area contributed by atoms with Gasteiger partial charge in [0.1, 0.15) is 5.75 Å². The SMILES string of the molecule is C[C@@H]1CN(CC(=O)NNC(=O)COc2ccc(Cl)cc2)C[C@H](C)O1. The number of hydrogen-bond acceptors (Lipinski definition) is 5. The van der Waals surface area contributed by atoms with Crippen LogP contribution in [0.4, 0.5) is 0 Å². The average Bonchev–Trinajstić information content (AvgIpc) is 2.51. The summed E-state index contributed by atoms with van der Waals surface area (Å²) in [4.78, 5) is 25.5. The summed E-state index contributed by atoms with van der Waals surface area (Å²) in [6.07, 6.45) is 0.174. The van der Waals surface area contributed by atoms with E-state index >= 15 is 0 Å². The molecule has 0 unspecified atom stereocenters. The zero-order valence-electron chi connectivity index (χ0n) is 13.8. The standard InChI is InChI=1S/C16H22ClN3O4/c1-11-7-20(8-12(2)24-11)9-15(21)18-19-16(22)10-23-14-5-3-13(17)4-6-14/h3-6,11-12H,7-10H2,1-2H3,(H,18,21)(H,19,22)/t11-,12+. The molecule has 2 atom stereocenters. The highest BCUT2D eigenvalue weighted by Gasteiger charge is 2.23. The van der Waals surface area contributed by atoms with Crippen molar-refractivity contribution >= 4 is 23.4 Å². The van der Waals surface area contributed by atoms with Crippen LogP contribution in [0.1, 0.15) is 13.8 Å². The maximum absolute atomic E-state index is 11.9. The fourth-order valence-electron chi connectivity index (χ4n) is 2.51. The Morgan fingerprint density at radius 2 is 1.75 bits per heavy atom. The molecule has 8 heteroatoms. The van der Waals surface area contributed by atoms with E-state index in [4.69, 9.17) is 21.1 Å². The maximum atomic E-state index is 11.9. The molecule has 1 heterocycles. The molecule has 1 aromatic carbocycles. The lowest BCUT2D eigenvalue weighted by Crippen LogP contribution is -2.52. The van der Waals surface area contributed by atoms with Crippen molar-refractivity contribution in [2.75, 3.05) is 26.2 Å². The lowest BCUT2D eigenvalue weighted by Gasteiger charge is -2.34. The number of amides is 2. The Bertz CT molecular complexity index is 557. The van der Waals surface area contributed by atoms with Gasteiger partial charge in [-0.2, -0.15) is 0 Å². The minimum atomic E-state index is -0.443. The predicted octanol–water partition coefficient (Wildman–Crippen LogP) is 0.975. The fraction of sp³-hybridized carbons (Fsp3) is 0.500. The van der Waals surface area contributed by atoms with Gasteiger partial charge in [0.15, 0.2) is 6.61 Å². The van der Waals surface area contributed by atoms with E-state index in [1.54, 1.807) is 24.3 Å². The third kappa shape index (κ3) is 6.35. The topological polar surface area (TPSA) is 79.9 Å². The first-order chi connectivity index (χ1) is 11.4. The number of ether oxygens (including phenoxy) is 2. The van der Waals surface area contributed by atoms with Crippen molar-refractivity contribution in [1.82, 2.24) is 15.8 Å². The van der Waals surface area contributed by atoms with Crippen molar-refractivity contribution < 1.29 is 19.1 Å². The fourth-order valence-corrected chi connectivity index (χ4v) is 2.64. The Kier molecular flexibility index (Phi) is 6.84. The minimum Gasteiger partial charge on any atom is -0.484 e. The van der Waals surface area contributed by atoms with Gasteiger partial charge in [0.05, 0.1) is 18.8 Å². The largest absolute Gasteiger partial charge is 0.484 e. The van der Waals surface area contributed by atoms with E-state index in [9.17, 15) is 9.59 Å². The molecule has 132 valence electrons. The molecular weight excluding hydrogens is 334 g/mol. The number of rotatable bonds is 5. The zero-order valence-corrected chi connectivity index (χ0v) is 14.5. The number of nitrogens with zero attached hydrogens (tertiary/aromatic N) is 1. The molecule has 7 nitrogen and oxygen atoms in total. The lowest BCUT2D eigenvalue weighted by atomic mass is 10.2. The number of hydrogen-bond donors (Lipinski definition) is 2. The summed E-state index contributed by atoms with van der Waals surface area (Å²) in [7, 11) is 0. The van der Waals surface area contributed by atoms with Gasteiger partial charge >= 0.3 is 0 Å². The van der Waals surface area contributed by atoms with E-state index in [1.165, 1.54) is 0 Å². The van der Waals surface area contributed by atoms with E-state index < -0.39 is 5.91 Å². The van der Waals surface area contributed by atoms with Crippen molar-refractivity contribution in [1.29, 1.82) is 0 Å². The molecule has 2 N–H and O–H groups in total. The van der Waals surface area contributed by atoms with Crippen LogP contribution in [0, 0.1) is 0 Å². The van der Waals surface area contributed by atoms with Gasteiger partial charge < -0.3 is 9.47 Å². The smallest absolute Gasteiger partial charge is 0.276 e. The van der Waals surface area contributed by atoms with Crippen LogP contribution >= 0.6 is 11.6 Å². The Hall–Kier alpha value is -1.83. The normalized spacial score (nSPS) is 21.1. The Morgan fingerprint density at radius 3 is 2.38 bits per heavy atom. The van der Waals surface area contributed by atoms with Crippen LogP contribution in [0.5, 0.6) is 5.75 Å². The summed E-state index contributed by atoms with van der Waals surface area (Å²) in [5.74, 6) is -0.199. The zero-order chi connectivity index (χ0) is 17.5. The molecule has 0 aromatic heterocycles. The predicted molar refractivity (Wildman–Crippen MR) is 89.7 cm³/mol. The second kappa shape index (κ2) is 8.86. The Labute approximate surface area is 146 Å². The van der Waals surface area contributed by atoms with Crippen molar-refractivity contribution in [3.8, 4) is 5.75 Å². The monoisotopic (exact) mass is 355 g/mol. The highest BCUT2D eigenvalue weighted by atomic mass is 35.5. The molecule has 0 spiro atoms. The van der Waals surface area contributed by atoms with Crippen LogP contribution in [0.25, 0.3) is 0 Å². The van der Waals surface area contributed by atoms with E-state index in [2.05, 4.69) is 10.9 Å². The summed E-state index contributed by atoms with van der Waals surface area (Å²) in [5, 5.41) is 0.589. The van der Waals surface area contributed by atoms with Gasteiger partial charge in [-0.25, -0.2) is 0 Å². The minimum absolute atomic E-state index is 0.0870. The molecule has 1 aliphatic rings.